The minimum absolute atomic E-state index is 0.384. The summed E-state index contributed by atoms with van der Waals surface area (Å²) in [6.07, 6.45) is 27.6. The lowest BCUT2D eigenvalue weighted by atomic mass is 9.58. The van der Waals surface area contributed by atoms with Gasteiger partial charge in [0.1, 0.15) is 0 Å². The van der Waals surface area contributed by atoms with Crippen LogP contribution in [0.25, 0.3) is 0 Å². The topological polar surface area (TPSA) is 20.2 Å². The van der Waals surface area contributed by atoms with Gasteiger partial charge in [-0.2, -0.15) is 0 Å². The number of aliphatic hydroxyl groups is 1. The van der Waals surface area contributed by atoms with Crippen LogP contribution in [0.15, 0.2) is 0 Å². The predicted molar refractivity (Wildman–Crippen MR) is 140 cm³/mol. The molecule has 3 saturated carbocycles. The van der Waals surface area contributed by atoms with Gasteiger partial charge in [0.05, 0.1) is 0 Å². The first-order chi connectivity index (χ1) is 15.7. The molecule has 1 nitrogen and oxygen atoms in total. The summed E-state index contributed by atoms with van der Waals surface area (Å²) in [6.45, 7) is 7.70. The summed E-state index contributed by atoms with van der Waals surface area (Å²) in [7, 11) is 0. The lowest BCUT2D eigenvalue weighted by Gasteiger charge is -2.47. The van der Waals surface area contributed by atoms with E-state index < -0.39 is 0 Å². The molecule has 1 N–H and O–H groups in total. The Balaban J connectivity index is 1.47. The van der Waals surface area contributed by atoms with Crippen LogP contribution in [-0.2, 0) is 0 Å². The van der Waals surface area contributed by atoms with Crippen molar-refractivity contribution in [2.45, 2.75) is 143 Å². The Hall–Kier alpha value is -0.0400. The van der Waals surface area contributed by atoms with Crippen LogP contribution in [0.5, 0.6) is 0 Å². The fourth-order valence-corrected chi connectivity index (χ4v) is 8.67. The van der Waals surface area contributed by atoms with E-state index >= 15 is 0 Å². The fourth-order valence-electron chi connectivity index (χ4n) is 8.67. The molecule has 0 saturated heterocycles. The third-order valence-corrected chi connectivity index (χ3v) is 10.6. The van der Waals surface area contributed by atoms with Crippen molar-refractivity contribution in [1.29, 1.82) is 0 Å². The van der Waals surface area contributed by atoms with Gasteiger partial charge in [-0.25, -0.2) is 0 Å². The summed E-state index contributed by atoms with van der Waals surface area (Å²) in [6, 6.07) is 0. The highest BCUT2D eigenvalue weighted by Crippen LogP contribution is 2.51. The third kappa shape index (κ3) is 7.48. The van der Waals surface area contributed by atoms with Gasteiger partial charge in [0, 0.05) is 6.61 Å². The second-order valence-corrected chi connectivity index (χ2v) is 12.4. The van der Waals surface area contributed by atoms with Gasteiger partial charge >= 0.3 is 0 Å². The Morgan fingerprint density at radius 1 is 0.562 bits per heavy atom. The zero-order chi connectivity index (χ0) is 22.8. The molecule has 6 atom stereocenters. The molecule has 0 amide bonds. The fraction of sp³-hybridized carbons (Fsp3) is 1.00. The van der Waals surface area contributed by atoms with E-state index in [0.717, 1.165) is 53.8 Å². The van der Waals surface area contributed by atoms with Crippen LogP contribution in [0.1, 0.15) is 143 Å². The van der Waals surface area contributed by atoms with Crippen molar-refractivity contribution >= 4 is 0 Å². The van der Waals surface area contributed by atoms with Gasteiger partial charge in [0.2, 0.25) is 0 Å². The van der Waals surface area contributed by atoms with Gasteiger partial charge in [-0.3, -0.25) is 0 Å². The molecule has 3 aliphatic rings. The summed E-state index contributed by atoms with van der Waals surface area (Å²) in [5.41, 5.74) is 0. The Morgan fingerprint density at radius 3 is 1.81 bits per heavy atom. The molecule has 0 bridgehead atoms. The van der Waals surface area contributed by atoms with E-state index in [-0.39, 0.29) is 0 Å². The first kappa shape index (κ1) is 26.6. The average Bonchev–Trinajstić information content (AvgIpc) is 2.84. The number of unbranched alkanes of at least 4 members (excludes halogenated alkanes) is 3. The van der Waals surface area contributed by atoms with Crippen molar-refractivity contribution in [2.75, 3.05) is 6.61 Å². The van der Waals surface area contributed by atoms with Crippen LogP contribution in [0.3, 0.4) is 0 Å². The van der Waals surface area contributed by atoms with Crippen molar-refractivity contribution < 1.29 is 5.11 Å². The predicted octanol–water partition coefficient (Wildman–Crippen LogP) is 9.42. The average molecular weight is 447 g/mol. The SMILES string of the molecule is CCCCCC1CCC(C2CCC(C3CCC(CCCCO)CC3CC)CC2CC)CC1. The number of rotatable bonds is 12. The van der Waals surface area contributed by atoms with Gasteiger partial charge in [-0.1, -0.05) is 91.4 Å². The van der Waals surface area contributed by atoms with Crippen molar-refractivity contribution in [2.24, 2.45) is 47.3 Å². The molecule has 0 aromatic rings. The summed E-state index contributed by atoms with van der Waals surface area (Å²) in [5.74, 6) is 8.20. The van der Waals surface area contributed by atoms with E-state index in [1.165, 1.54) is 70.6 Å². The quantitative estimate of drug-likeness (QED) is 0.296. The summed E-state index contributed by atoms with van der Waals surface area (Å²) >= 11 is 0. The summed E-state index contributed by atoms with van der Waals surface area (Å²) < 4.78 is 0. The molecule has 0 spiro atoms. The van der Waals surface area contributed by atoms with Gasteiger partial charge in [0.25, 0.3) is 0 Å². The van der Waals surface area contributed by atoms with Crippen molar-refractivity contribution in [3.05, 3.63) is 0 Å². The van der Waals surface area contributed by atoms with Crippen LogP contribution in [0, 0.1) is 47.3 Å². The first-order valence-electron chi connectivity index (χ1n) is 15.3. The first-order valence-corrected chi connectivity index (χ1v) is 15.3. The van der Waals surface area contributed by atoms with Crippen molar-refractivity contribution in [1.82, 2.24) is 0 Å². The highest BCUT2D eigenvalue weighted by atomic mass is 16.2. The Morgan fingerprint density at radius 2 is 1.12 bits per heavy atom. The van der Waals surface area contributed by atoms with E-state index in [9.17, 15) is 0 Å². The molecule has 188 valence electrons. The molecule has 6 unspecified atom stereocenters. The van der Waals surface area contributed by atoms with Crippen LogP contribution in [0.4, 0.5) is 0 Å². The largest absolute Gasteiger partial charge is 0.396 e. The minimum Gasteiger partial charge on any atom is -0.396 e. The molecular formula is C31H58O. The van der Waals surface area contributed by atoms with Gasteiger partial charge in [0.15, 0.2) is 0 Å². The normalized spacial score (nSPS) is 38.6. The van der Waals surface area contributed by atoms with Crippen LogP contribution in [-0.4, -0.2) is 11.7 Å². The zero-order valence-corrected chi connectivity index (χ0v) is 22.2. The highest BCUT2D eigenvalue weighted by molar-refractivity contribution is 4.91. The van der Waals surface area contributed by atoms with E-state index in [4.69, 9.17) is 5.11 Å². The number of hydrogen-bond donors (Lipinski definition) is 1. The highest BCUT2D eigenvalue weighted by Gasteiger charge is 2.41. The maximum absolute atomic E-state index is 9.13. The molecule has 3 rings (SSSR count). The maximum atomic E-state index is 9.13. The molecule has 0 aromatic heterocycles. The van der Waals surface area contributed by atoms with Crippen LogP contribution in [0.2, 0.25) is 0 Å². The number of aliphatic hydroxyl groups excluding tert-OH is 1. The van der Waals surface area contributed by atoms with Crippen molar-refractivity contribution in [3.63, 3.8) is 0 Å². The van der Waals surface area contributed by atoms with E-state index in [2.05, 4.69) is 20.8 Å². The van der Waals surface area contributed by atoms with Gasteiger partial charge in [-0.05, 0) is 98.7 Å². The second-order valence-electron chi connectivity index (χ2n) is 12.4. The Bertz CT molecular complexity index is 479. The number of hydrogen-bond acceptors (Lipinski definition) is 1. The van der Waals surface area contributed by atoms with E-state index in [1.807, 2.05) is 0 Å². The second kappa shape index (κ2) is 14.4. The molecule has 0 heterocycles. The van der Waals surface area contributed by atoms with Crippen molar-refractivity contribution in [3.8, 4) is 0 Å². The lowest BCUT2D eigenvalue weighted by Crippen LogP contribution is -2.38. The molecule has 0 radical (unpaired) electrons. The molecule has 32 heavy (non-hydrogen) atoms. The summed E-state index contributed by atoms with van der Waals surface area (Å²) in [4.78, 5) is 0. The smallest absolute Gasteiger partial charge is 0.0431 e. The lowest BCUT2D eigenvalue weighted by molar-refractivity contribution is 0.0286. The molecule has 1 heteroatoms. The van der Waals surface area contributed by atoms with Crippen LogP contribution < -0.4 is 0 Å². The van der Waals surface area contributed by atoms with E-state index in [1.54, 1.807) is 44.9 Å². The van der Waals surface area contributed by atoms with Gasteiger partial charge < -0.3 is 5.11 Å². The molecule has 3 fully saturated rings. The maximum Gasteiger partial charge on any atom is 0.0431 e. The van der Waals surface area contributed by atoms with E-state index in [0.29, 0.717) is 6.61 Å². The van der Waals surface area contributed by atoms with Gasteiger partial charge in [-0.15, -0.1) is 0 Å². The zero-order valence-electron chi connectivity index (χ0n) is 22.2. The van der Waals surface area contributed by atoms with Crippen LogP contribution >= 0.6 is 0 Å². The summed E-state index contributed by atoms with van der Waals surface area (Å²) in [5, 5.41) is 9.13. The molecule has 0 aliphatic heterocycles. The monoisotopic (exact) mass is 446 g/mol. The minimum atomic E-state index is 0.384. The molecule has 3 aliphatic carbocycles. The standard InChI is InChI=1S/C31H58O/c1-4-7-8-11-24-13-16-28(17-14-24)30-20-18-29(23-27(30)6-3)31-19-15-25(12-9-10-21-32)22-26(31)5-2/h24-32H,4-23H2,1-3H3. The molecular weight excluding hydrogens is 388 g/mol. The Labute approximate surface area is 201 Å². The third-order valence-electron chi connectivity index (χ3n) is 10.6. The Kier molecular flexibility index (Phi) is 11.9. The molecule has 0 aromatic carbocycles.